The number of hydrogen-bond donors (Lipinski definition) is 0. The summed E-state index contributed by atoms with van der Waals surface area (Å²) in [5.41, 5.74) is 3.10. The summed E-state index contributed by atoms with van der Waals surface area (Å²) in [5, 5.41) is 9.75. The zero-order chi connectivity index (χ0) is 21.2. The van der Waals surface area contributed by atoms with Crippen LogP contribution in [0.1, 0.15) is 29.3 Å². The number of fused-ring (bicyclic) bond motifs is 1. The monoisotopic (exact) mass is 450 g/mol. The number of benzene rings is 2. The molecule has 2 aromatic carbocycles. The second kappa shape index (κ2) is 8.80. The third-order valence-electron chi connectivity index (χ3n) is 5.46. The van der Waals surface area contributed by atoms with Crippen molar-refractivity contribution in [2.24, 2.45) is 0 Å². The van der Waals surface area contributed by atoms with Crippen molar-refractivity contribution in [2.75, 3.05) is 18.8 Å². The molecule has 4 aromatic rings. The second-order valence-corrected chi connectivity index (χ2v) is 9.72. The lowest BCUT2D eigenvalue weighted by Gasteiger charge is -2.31. The van der Waals surface area contributed by atoms with Crippen LogP contribution in [-0.2, 0) is 4.79 Å². The van der Waals surface area contributed by atoms with Gasteiger partial charge in [-0.2, -0.15) is 0 Å². The van der Waals surface area contributed by atoms with Gasteiger partial charge in [0.05, 0.1) is 21.0 Å². The molecule has 1 saturated heterocycles. The van der Waals surface area contributed by atoms with Crippen molar-refractivity contribution in [2.45, 2.75) is 30.9 Å². The van der Waals surface area contributed by atoms with Gasteiger partial charge in [0, 0.05) is 24.6 Å². The van der Waals surface area contributed by atoms with E-state index in [-0.39, 0.29) is 5.91 Å². The highest BCUT2D eigenvalue weighted by Gasteiger charge is 2.27. The molecule has 31 heavy (non-hydrogen) atoms. The molecule has 1 atom stereocenters. The van der Waals surface area contributed by atoms with Gasteiger partial charge in [0.2, 0.25) is 11.8 Å². The highest BCUT2D eigenvalue weighted by atomic mass is 32.2. The van der Waals surface area contributed by atoms with Gasteiger partial charge in [0.15, 0.2) is 0 Å². The quantitative estimate of drug-likeness (QED) is 0.392. The number of aryl methyl sites for hydroxylation is 1. The van der Waals surface area contributed by atoms with Gasteiger partial charge in [0.1, 0.15) is 0 Å². The Kier molecular flexibility index (Phi) is 5.74. The molecule has 1 aliphatic rings. The molecule has 0 bridgehead atoms. The van der Waals surface area contributed by atoms with Gasteiger partial charge in [-0.1, -0.05) is 41.6 Å². The van der Waals surface area contributed by atoms with Crippen LogP contribution in [0.25, 0.3) is 21.7 Å². The maximum absolute atomic E-state index is 12.8. The number of hydrogen-bond acceptors (Lipinski definition) is 7. The Morgan fingerprint density at radius 2 is 2.03 bits per heavy atom. The standard InChI is InChI=1S/C23H22N4O2S2/c1-15-8-10-16(11-9-15)21-25-26-23(29-21)30-14-20(28)27-12-4-5-17(13-27)22-24-18-6-2-3-7-19(18)31-22/h2-3,6-11,17H,4-5,12-14H2,1H3/t17-/m0/s1. The highest BCUT2D eigenvalue weighted by Crippen LogP contribution is 2.33. The van der Waals surface area contributed by atoms with Crippen LogP contribution in [0.15, 0.2) is 58.2 Å². The zero-order valence-corrected chi connectivity index (χ0v) is 18.8. The summed E-state index contributed by atoms with van der Waals surface area (Å²) in [7, 11) is 0. The Morgan fingerprint density at radius 1 is 1.19 bits per heavy atom. The lowest BCUT2D eigenvalue weighted by molar-refractivity contribution is -0.129. The molecule has 6 nitrogen and oxygen atoms in total. The fraction of sp³-hybridized carbons (Fsp3) is 0.304. The molecular weight excluding hydrogens is 428 g/mol. The number of carbonyl (C=O) groups is 1. The van der Waals surface area contributed by atoms with Gasteiger partial charge >= 0.3 is 0 Å². The van der Waals surface area contributed by atoms with Crippen LogP contribution in [0.2, 0.25) is 0 Å². The topological polar surface area (TPSA) is 72.1 Å². The molecule has 1 fully saturated rings. The minimum atomic E-state index is 0.103. The zero-order valence-electron chi connectivity index (χ0n) is 17.2. The minimum absolute atomic E-state index is 0.103. The fourth-order valence-corrected chi connectivity index (χ4v) is 5.52. The van der Waals surface area contributed by atoms with E-state index in [1.54, 1.807) is 11.3 Å². The first-order chi connectivity index (χ1) is 15.2. The predicted octanol–water partition coefficient (Wildman–Crippen LogP) is 5.15. The second-order valence-electron chi connectivity index (χ2n) is 7.73. The molecule has 5 rings (SSSR count). The summed E-state index contributed by atoms with van der Waals surface area (Å²) in [6.07, 6.45) is 2.06. The number of carbonyl (C=O) groups excluding carboxylic acids is 1. The number of nitrogens with zero attached hydrogens (tertiary/aromatic N) is 4. The number of rotatable bonds is 5. The van der Waals surface area contributed by atoms with Crippen molar-refractivity contribution in [3.8, 4) is 11.5 Å². The van der Waals surface area contributed by atoms with E-state index in [4.69, 9.17) is 9.40 Å². The van der Waals surface area contributed by atoms with Gasteiger partial charge < -0.3 is 9.32 Å². The van der Waals surface area contributed by atoms with Crippen molar-refractivity contribution < 1.29 is 9.21 Å². The molecule has 8 heteroatoms. The molecule has 3 heterocycles. The first-order valence-corrected chi connectivity index (χ1v) is 12.1. The summed E-state index contributed by atoms with van der Waals surface area (Å²) in [6, 6.07) is 16.1. The molecule has 2 aromatic heterocycles. The van der Waals surface area contributed by atoms with Crippen molar-refractivity contribution in [3.63, 3.8) is 0 Å². The first-order valence-electron chi connectivity index (χ1n) is 10.3. The summed E-state index contributed by atoms with van der Waals surface area (Å²) < 4.78 is 6.94. The summed E-state index contributed by atoms with van der Waals surface area (Å²) >= 11 is 3.04. The van der Waals surface area contributed by atoms with Gasteiger partial charge in [-0.25, -0.2) is 4.98 Å². The smallest absolute Gasteiger partial charge is 0.277 e. The van der Waals surface area contributed by atoms with E-state index in [2.05, 4.69) is 16.3 Å². The Bertz CT molecular complexity index is 1170. The number of amides is 1. The number of thiazole rings is 1. The third kappa shape index (κ3) is 4.50. The largest absolute Gasteiger partial charge is 0.411 e. The third-order valence-corrected chi connectivity index (χ3v) is 7.46. The van der Waals surface area contributed by atoms with Gasteiger partial charge in [-0.3, -0.25) is 4.79 Å². The van der Waals surface area contributed by atoms with E-state index in [9.17, 15) is 4.79 Å². The Balaban J connectivity index is 1.20. The van der Waals surface area contributed by atoms with Crippen LogP contribution in [0.3, 0.4) is 0 Å². The molecule has 0 N–H and O–H groups in total. The molecule has 0 unspecified atom stereocenters. The SMILES string of the molecule is Cc1ccc(-c2nnc(SCC(=O)N3CCC[C@H](c4nc5ccccc5s4)C3)o2)cc1. The normalized spacial score (nSPS) is 16.7. The van der Waals surface area contributed by atoms with Crippen LogP contribution in [0.5, 0.6) is 0 Å². The van der Waals surface area contributed by atoms with Crippen molar-refractivity contribution in [1.29, 1.82) is 0 Å². The predicted molar refractivity (Wildman–Crippen MR) is 123 cm³/mol. The van der Waals surface area contributed by atoms with E-state index in [1.165, 1.54) is 22.0 Å². The Morgan fingerprint density at radius 3 is 2.87 bits per heavy atom. The molecule has 1 amide bonds. The van der Waals surface area contributed by atoms with Crippen LogP contribution < -0.4 is 0 Å². The molecule has 158 valence electrons. The number of thioether (sulfide) groups is 1. The molecule has 0 aliphatic carbocycles. The number of aromatic nitrogens is 3. The van der Waals surface area contributed by atoms with E-state index >= 15 is 0 Å². The van der Waals surface area contributed by atoms with E-state index in [0.717, 1.165) is 42.0 Å². The van der Waals surface area contributed by atoms with Crippen molar-refractivity contribution in [3.05, 3.63) is 59.1 Å². The summed E-state index contributed by atoms with van der Waals surface area (Å²) in [5.74, 6) is 1.17. The summed E-state index contributed by atoms with van der Waals surface area (Å²) in [4.78, 5) is 19.6. The van der Waals surface area contributed by atoms with E-state index in [0.29, 0.717) is 22.8 Å². The van der Waals surface area contributed by atoms with Crippen LogP contribution in [0.4, 0.5) is 0 Å². The van der Waals surface area contributed by atoms with Gasteiger partial charge in [-0.05, 0) is 44.0 Å². The maximum atomic E-state index is 12.8. The maximum Gasteiger partial charge on any atom is 0.277 e. The molecule has 0 radical (unpaired) electrons. The van der Waals surface area contributed by atoms with E-state index < -0.39 is 0 Å². The average Bonchev–Trinajstić information content (AvgIpc) is 3.45. The molecule has 0 spiro atoms. The fourth-order valence-electron chi connectivity index (χ4n) is 3.77. The highest BCUT2D eigenvalue weighted by molar-refractivity contribution is 7.99. The minimum Gasteiger partial charge on any atom is -0.411 e. The molecular formula is C23H22N4O2S2. The average molecular weight is 451 g/mol. The van der Waals surface area contributed by atoms with Crippen LogP contribution >= 0.6 is 23.1 Å². The number of piperidine rings is 1. The van der Waals surface area contributed by atoms with Gasteiger partial charge in [-0.15, -0.1) is 21.5 Å². The molecule has 1 aliphatic heterocycles. The van der Waals surface area contributed by atoms with Gasteiger partial charge in [0.25, 0.3) is 5.22 Å². The first kappa shape index (κ1) is 20.2. The lowest BCUT2D eigenvalue weighted by Crippen LogP contribution is -2.40. The Hall–Kier alpha value is -2.71. The lowest BCUT2D eigenvalue weighted by atomic mass is 9.99. The van der Waals surface area contributed by atoms with Crippen LogP contribution in [-0.4, -0.2) is 44.8 Å². The van der Waals surface area contributed by atoms with Crippen LogP contribution in [0, 0.1) is 6.92 Å². The van der Waals surface area contributed by atoms with Crippen molar-refractivity contribution in [1.82, 2.24) is 20.1 Å². The van der Waals surface area contributed by atoms with Crippen molar-refractivity contribution >= 4 is 39.2 Å². The number of para-hydroxylation sites is 1. The summed E-state index contributed by atoms with van der Waals surface area (Å²) in [6.45, 7) is 3.55. The molecule has 0 saturated carbocycles. The Labute approximate surface area is 188 Å². The number of likely N-dealkylation sites (tertiary alicyclic amines) is 1. The van der Waals surface area contributed by atoms with E-state index in [1.807, 2.05) is 54.3 Å².